The average Bonchev–Trinajstić information content (AvgIpc) is 3.01. The number of benzene rings is 1. The maximum atomic E-state index is 9.58. The molecule has 1 aromatic carbocycles. The Morgan fingerprint density at radius 3 is 2.58 bits per heavy atom. The fourth-order valence-electron chi connectivity index (χ4n) is 2.28. The summed E-state index contributed by atoms with van der Waals surface area (Å²) < 4.78 is 0. The molecule has 24 heavy (non-hydrogen) atoms. The van der Waals surface area contributed by atoms with Crippen molar-refractivity contribution in [3.8, 4) is 6.07 Å². The highest BCUT2D eigenvalue weighted by Crippen LogP contribution is 2.30. The molecule has 3 rings (SSSR count). The molecule has 0 saturated heterocycles. The number of aryl methyl sites for hydroxylation is 1. The van der Waals surface area contributed by atoms with E-state index in [1.54, 1.807) is 6.07 Å². The zero-order chi connectivity index (χ0) is 17.1. The summed E-state index contributed by atoms with van der Waals surface area (Å²) in [6.07, 6.45) is 0. The van der Waals surface area contributed by atoms with Gasteiger partial charge < -0.3 is 4.90 Å². The Morgan fingerprint density at radius 2 is 1.96 bits per heavy atom. The largest absolute Gasteiger partial charge is 0.329 e. The summed E-state index contributed by atoms with van der Waals surface area (Å²) in [5.74, 6) is 0.0665. The van der Waals surface area contributed by atoms with Crippen molar-refractivity contribution >= 4 is 34.4 Å². The van der Waals surface area contributed by atoms with E-state index in [1.165, 1.54) is 11.3 Å². The van der Waals surface area contributed by atoms with Crippen LogP contribution < -0.4 is 4.90 Å². The summed E-state index contributed by atoms with van der Waals surface area (Å²) in [5.41, 5.74) is 2.40. The highest BCUT2D eigenvalue weighted by Gasteiger charge is 2.21. The Bertz CT molecular complexity index is 887. The molecule has 0 aliphatic carbocycles. The topological polar surface area (TPSA) is 65.7 Å². The van der Waals surface area contributed by atoms with Gasteiger partial charge >= 0.3 is 0 Å². The lowest BCUT2D eigenvalue weighted by Crippen LogP contribution is -2.13. The van der Waals surface area contributed by atoms with E-state index in [1.807, 2.05) is 54.6 Å². The zero-order valence-corrected chi connectivity index (χ0v) is 14.7. The van der Waals surface area contributed by atoms with E-state index in [-0.39, 0.29) is 5.28 Å². The minimum absolute atomic E-state index is 0.110. The molecule has 0 bridgehead atoms. The second kappa shape index (κ2) is 6.95. The summed E-state index contributed by atoms with van der Waals surface area (Å²) in [7, 11) is 1.90. The van der Waals surface area contributed by atoms with E-state index in [0.29, 0.717) is 16.5 Å². The SMILES string of the molecule is Cc1csc(C(C#N)c2cc(N(C)c3ccccc3)nc(Cl)n2)n1. The smallest absolute Gasteiger partial charge is 0.224 e. The van der Waals surface area contributed by atoms with Crippen LogP contribution in [0.3, 0.4) is 0 Å². The first-order chi connectivity index (χ1) is 11.6. The van der Waals surface area contributed by atoms with Gasteiger partial charge in [-0.3, -0.25) is 0 Å². The standard InChI is InChI=1S/C17H14ClN5S/c1-11-10-24-16(20-11)13(9-19)14-8-15(22-17(18)21-14)23(2)12-6-4-3-5-7-12/h3-8,10,13H,1-2H3. The van der Waals surface area contributed by atoms with Gasteiger partial charge in [-0.15, -0.1) is 11.3 Å². The third-order valence-corrected chi connectivity index (χ3v) is 4.70. The van der Waals surface area contributed by atoms with Crippen molar-refractivity contribution < 1.29 is 0 Å². The third kappa shape index (κ3) is 3.37. The lowest BCUT2D eigenvalue weighted by Gasteiger charge is -2.19. The molecule has 0 aliphatic rings. The molecule has 120 valence electrons. The first-order valence-electron chi connectivity index (χ1n) is 7.23. The molecule has 0 fully saturated rings. The predicted molar refractivity (Wildman–Crippen MR) is 95.9 cm³/mol. The van der Waals surface area contributed by atoms with Gasteiger partial charge in [0.05, 0.1) is 11.8 Å². The first-order valence-corrected chi connectivity index (χ1v) is 8.49. The van der Waals surface area contributed by atoms with Crippen LogP contribution in [0.5, 0.6) is 0 Å². The molecule has 0 spiro atoms. The third-order valence-electron chi connectivity index (χ3n) is 3.50. The average molecular weight is 356 g/mol. The number of para-hydroxylation sites is 1. The Labute approximate surface area is 149 Å². The molecule has 5 nitrogen and oxygen atoms in total. The van der Waals surface area contributed by atoms with Crippen molar-refractivity contribution in [3.05, 3.63) is 63.5 Å². The zero-order valence-electron chi connectivity index (χ0n) is 13.1. The number of nitrogens with zero attached hydrogens (tertiary/aromatic N) is 5. The molecule has 0 amide bonds. The summed E-state index contributed by atoms with van der Waals surface area (Å²) >= 11 is 7.54. The number of aromatic nitrogens is 3. The van der Waals surface area contributed by atoms with Gasteiger partial charge in [0.1, 0.15) is 16.7 Å². The minimum atomic E-state index is -0.563. The van der Waals surface area contributed by atoms with Crippen LogP contribution in [0.1, 0.15) is 22.3 Å². The second-order valence-corrected chi connectivity index (χ2v) is 6.43. The van der Waals surface area contributed by atoms with Gasteiger partial charge in [-0.1, -0.05) is 18.2 Å². The van der Waals surface area contributed by atoms with E-state index in [9.17, 15) is 5.26 Å². The number of hydrogen-bond donors (Lipinski definition) is 0. The predicted octanol–water partition coefficient (Wildman–Crippen LogP) is 4.32. The maximum absolute atomic E-state index is 9.58. The molecule has 2 heterocycles. The van der Waals surface area contributed by atoms with Gasteiger partial charge in [-0.2, -0.15) is 5.26 Å². The summed E-state index contributed by atoms with van der Waals surface area (Å²) in [6.45, 7) is 1.90. The van der Waals surface area contributed by atoms with Crippen LogP contribution in [0.4, 0.5) is 11.5 Å². The van der Waals surface area contributed by atoms with Gasteiger partial charge in [0.15, 0.2) is 0 Å². The molecule has 0 N–H and O–H groups in total. The van der Waals surface area contributed by atoms with Gasteiger partial charge in [0.25, 0.3) is 0 Å². The lowest BCUT2D eigenvalue weighted by atomic mass is 10.1. The van der Waals surface area contributed by atoms with E-state index in [4.69, 9.17) is 11.6 Å². The molecule has 2 aromatic heterocycles. The molecule has 1 atom stereocenters. The highest BCUT2D eigenvalue weighted by molar-refractivity contribution is 7.09. The van der Waals surface area contributed by atoms with Crippen LogP contribution in [-0.4, -0.2) is 22.0 Å². The Morgan fingerprint density at radius 1 is 1.21 bits per heavy atom. The molecule has 0 aliphatic heterocycles. The Kier molecular flexibility index (Phi) is 4.74. The van der Waals surface area contributed by atoms with Gasteiger partial charge in [-0.05, 0) is 30.7 Å². The number of thiazole rings is 1. The number of rotatable bonds is 4. The van der Waals surface area contributed by atoms with E-state index >= 15 is 0 Å². The van der Waals surface area contributed by atoms with Crippen LogP contribution >= 0.6 is 22.9 Å². The molecule has 0 radical (unpaired) electrons. The molecule has 0 saturated carbocycles. The van der Waals surface area contributed by atoms with Gasteiger partial charge in [0, 0.05) is 29.9 Å². The molecular formula is C17H14ClN5S. The summed E-state index contributed by atoms with van der Waals surface area (Å²) in [6, 6.07) is 13.8. The molecular weight excluding hydrogens is 342 g/mol. The van der Waals surface area contributed by atoms with Gasteiger partial charge in [-0.25, -0.2) is 15.0 Å². The number of halogens is 1. The normalized spacial score (nSPS) is 11.8. The Balaban J connectivity index is 2.01. The van der Waals surface area contributed by atoms with Crippen molar-refractivity contribution in [2.75, 3.05) is 11.9 Å². The fourth-order valence-corrected chi connectivity index (χ4v) is 3.31. The number of anilines is 2. The van der Waals surface area contributed by atoms with Crippen molar-refractivity contribution in [3.63, 3.8) is 0 Å². The lowest BCUT2D eigenvalue weighted by molar-refractivity contribution is 0.918. The van der Waals surface area contributed by atoms with Crippen LogP contribution in [0, 0.1) is 18.3 Å². The second-order valence-electron chi connectivity index (χ2n) is 5.20. The maximum Gasteiger partial charge on any atom is 0.224 e. The number of hydrogen-bond acceptors (Lipinski definition) is 6. The fraction of sp³-hybridized carbons (Fsp3) is 0.176. The van der Waals surface area contributed by atoms with Crippen molar-refractivity contribution in [1.29, 1.82) is 5.26 Å². The van der Waals surface area contributed by atoms with Crippen LogP contribution in [-0.2, 0) is 0 Å². The molecule has 3 aromatic rings. The van der Waals surface area contributed by atoms with Crippen molar-refractivity contribution in [1.82, 2.24) is 15.0 Å². The van der Waals surface area contributed by atoms with E-state index in [0.717, 1.165) is 11.4 Å². The van der Waals surface area contributed by atoms with Crippen LogP contribution in [0.2, 0.25) is 5.28 Å². The number of nitriles is 1. The first kappa shape index (κ1) is 16.4. The van der Waals surface area contributed by atoms with Gasteiger partial charge in [0.2, 0.25) is 5.28 Å². The van der Waals surface area contributed by atoms with E-state index < -0.39 is 5.92 Å². The minimum Gasteiger partial charge on any atom is -0.329 e. The van der Waals surface area contributed by atoms with Crippen molar-refractivity contribution in [2.24, 2.45) is 0 Å². The molecule has 1 unspecified atom stereocenters. The van der Waals surface area contributed by atoms with Crippen molar-refractivity contribution in [2.45, 2.75) is 12.8 Å². The summed E-state index contributed by atoms with van der Waals surface area (Å²) in [4.78, 5) is 14.8. The highest BCUT2D eigenvalue weighted by atomic mass is 35.5. The Hall–Kier alpha value is -2.49. The van der Waals surface area contributed by atoms with Crippen LogP contribution in [0.25, 0.3) is 0 Å². The quantitative estimate of drug-likeness (QED) is 0.652. The van der Waals surface area contributed by atoms with Crippen LogP contribution in [0.15, 0.2) is 41.8 Å². The molecule has 7 heteroatoms. The monoisotopic (exact) mass is 355 g/mol. The van der Waals surface area contributed by atoms with E-state index in [2.05, 4.69) is 21.0 Å². The summed E-state index contributed by atoms with van der Waals surface area (Å²) in [5, 5.41) is 12.3.